The van der Waals surface area contributed by atoms with Gasteiger partial charge in [-0.2, -0.15) is 0 Å². The largest absolute Gasteiger partial charge is 0.505 e. The molecule has 0 aromatic carbocycles. The molecule has 0 aliphatic rings. The maximum Gasteiger partial charge on any atom is 0.148 e. The van der Waals surface area contributed by atoms with Crippen LogP contribution in [0, 0.1) is 0 Å². The number of nitrogens with zero attached hydrogens (tertiary/aromatic N) is 1. The summed E-state index contributed by atoms with van der Waals surface area (Å²) in [6.07, 6.45) is 1.28. The van der Waals surface area contributed by atoms with Crippen LogP contribution in [-0.2, 0) is 0 Å². The lowest BCUT2D eigenvalue weighted by Crippen LogP contribution is -1.73. The van der Waals surface area contributed by atoms with E-state index in [9.17, 15) is 0 Å². The van der Waals surface area contributed by atoms with Gasteiger partial charge in [0.2, 0.25) is 0 Å². The van der Waals surface area contributed by atoms with E-state index in [0.29, 0.717) is 9.63 Å². The molecule has 1 heterocycles. The average molecular weight is 245 g/mol. The Morgan fingerprint density at radius 3 is 2.60 bits per heavy atom. The van der Waals surface area contributed by atoms with Gasteiger partial charge >= 0.3 is 0 Å². The summed E-state index contributed by atoms with van der Waals surface area (Å²) in [5.41, 5.74) is 0. The third-order valence-corrected chi connectivity index (χ3v) is 1.64. The lowest BCUT2D eigenvalue weighted by atomic mass is 10.5. The summed E-state index contributed by atoms with van der Waals surface area (Å²) in [6.45, 7) is 0. The molecule has 0 radical (unpaired) electrons. The van der Waals surface area contributed by atoms with E-state index >= 15 is 0 Å². The molecule has 0 fully saturated rings. The third-order valence-electron chi connectivity index (χ3n) is 0.801. The topological polar surface area (TPSA) is 33.1 Å². The highest BCUT2D eigenvalue weighted by Gasteiger charge is 1.96. The van der Waals surface area contributed by atoms with Crippen molar-refractivity contribution < 1.29 is 5.11 Å². The second kappa shape index (κ2) is 4.01. The van der Waals surface area contributed by atoms with Crippen molar-refractivity contribution in [2.24, 2.45) is 0 Å². The Bertz CT molecular complexity index is 231. The van der Waals surface area contributed by atoms with Crippen molar-refractivity contribution in [2.45, 2.75) is 0 Å². The molecule has 0 unspecified atom stereocenters. The van der Waals surface area contributed by atoms with Crippen LogP contribution in [0.3, 0.4) is 0 Å². The van der Waals surface area contributed by atoms with Crippen LogP contribution in [0.2, 0.25) is 5.15 Å². The van der Waals surface area contributed by atoms with Crippen molar-refractivity contribution in [3.8, 4) is 5.75 Å². The number of rotatable bonds is 0. The van der Waals surface area contributed by atoms with E-state index in [1.807, 2.05) is 0 Å². The van der Waals surface area contributed by atoms with Crippen LogP contribution in [0.4, 0.5) is 0 Å². The summed E-state index contributed by atoms with van der Waals surface area (Å²) < 4.78 is 0.558. The summed E-state index contributed by atoms with van der Waals surface area (Å²) in [6, 6.07) is 1.52. The van der Waals surface area contributed by atoms with Gasteiger partial charge < -0.3 is 5.11 Å². The van der Waals surface area contributed by atoms with Gasteiger partial charge in [-0.1, -0.05) is 11.6 Å². The maximum absolute atomic E-state index is 8.88. The van der Waals surface area contributed by atoms with Crippen LogP contribution in [-0.4, -0.2) is 10.1 Å². The Morgan fingerprint density at radius 1 is 1.60 bits per heavy atom. The molecule has 5 heteroatoms. The molecule has 0 spiro atoms. The number of aromatic hydroxyl groups is 1. The van der Waals surface area contributed by atoms with Crippen molar-refractivity contribution in [2.75, 3.05) is 0 Å². The molecule has 0 bridgehead atoms. The molecule has 0 amide bonds. The van der Waals surface area contributed by atoms with Gasteiger partial charge in [0.1, 0.15) is 10.9 Å². The molecule has 1 N–H and O–H groups in total. The minimum absolute atomic E-state index is 0. The molecule has 2 nitrogen and oxygen atoms in total. The summed E-state index contributed by atoms with van der Waals surface area (Å²) in [4.78, 5) is 3.62. The molecular weight excluding hydrogens is 241 g/mol. The molecule has 0 saturated heterocycles. The highest BCUT2D eigenvalue weighted by Crippen LogP contribution is 2.23. The molecule has 0 aliphatic carbocycles. The van der Waals surface area contributed by atoms with Crippen LogP contribution in [0.25, 0.3) is 0 Å². The molecule has 56 valence electrons. The fourth-order valence-corrected chi connectivity index (χ4v) is 1.01. The number of hydrogen-bond donors (Lipinski definition) is 1. The Kier molecular flexibility index (Phi) is 4.01. The van der Waals surface area contributed by atoms with Gasteiger partial charge in [0.15, 0.2) is 0 Å². The summed E-state index contributed by atoms with van der Waals surface area (Å²) in [5.74, 6) is 0.0967. The molecule has 1 aromatic heterocycles. The Balaban J connectivity index is 0.000000810. The van der Waals surface area contributed by atoms with Crippen molar-refractivity contribution in [3.63, 3.8) is 0 Å². The maximum atomic E-state index is 8.88. The Morgan fingerprint density at radius 2 is 2.20 bits per heavy atom. The second-order valence-corrected chi connectivity index (χ2v) is 2.70. The zero-order valence-electron chi connectivity index (χ0n) is 4.71. The molecule has 0 saturated carbocycles. The van der Waals surface area contributed by atoms with Crippen LogP contribution in [0.15, 0.2) is 16.7 Å². The van der Waals surface area contributed by atoms with E-state index in [1.165, 1.54) is 12.3 Å². The zero-order chi connectivity index (χ0) is 6.85. The van der Waals surface area contributed by atoms with Crippen molar-refractivity contribution >= 4 is 39.9 Å². The fraction of sp³-hybridized carbons (Fsp3) is 0. The lowest BCUT2D eigenvalue weighted by molar-refractivity contribution is 0.469. The zero-order valence-corrected chi connectivity index (χ0v) is 7.87. The van der Waals surface area contributed by atoms with Gasteiger partial charge in [0.25, 0.3) is 0 Å². The Hall–Kier alpha value is 0.01000. The molecule has 10 heavy (non-hydrogen) atoms. The van der Waals surface area contributed by atoms with Crippen LogP contribution in [0.1, 0.15) is 0 Å². The lowest BCUT2D eigenvalue weighted by Gasteiger charge is -1.93. The monoisotopic (exact) mass is 243 g/mol. The van der Waals surface area contributed by atoms with E-state index in [2.05, 4.69) is 20.9 Å². The molecule has 1 rings (SSSR count). The summed E-state index contributed by atoms with van der Waals surface area (Å²) in [5, 5.41) is 9.24. The van der Waals surface area contributed by atoms with Gasteiger partial charge in [-0.15, -0.1) is 12.4 Å². The second-order valence-electron chi connectivity index (χ2n) is 1.46. The third kappa shape index (κ3) is 2.33. The van der Waals surface area contributed by atoms with Gasteiger partial charge in [-0.25, -0.2) is 4.98 Å². The van der Waals surface area contributed by atoms with E-state index in [0.717, 1.165) is 0 Å². The molecule has 0 aliphatic heterocycles. The molecule has 1 aromatic rings. The summed E-state index contributed by atoms with van der Waals surface area (Å²) >= 11 is 8.54. The molecular formula is C5H4BrCl2NO. The van der Waals surface area contributed by atoms with Crippen molar-refractivity contribution in [3.05, 3.63) is 21.9 Å². The van der Waals surface area contributed by atoms with Crippen molar-refractivity contribution in [1.82, 2.24) is 4.98 Å². The van der Waals surface area contributed by atoms with Gasteiger partial charge in [0.05, 0.1) is 10.7 Å². The standard InChI is InChI=1S/C5H3BrClNO.ClH/c6-3-1-5(7)8-2-4(3)9;/h1-2,9H;1H. The first-order valence-electron chi connectivity index (χ1n) is 2.20. The van der Waals surface area contributed by atoms with Crippen molar-refractivity contribution in [1.29, 1.82) is 0 Å². The smallest absolute Gasteiger partial charge is 0.148 e. The van der Waals surface area contributed by atoms with E-state index < -0.39 is 0 Å². The van der Waals surface area contributed by atoms with Gasteiger partial charge in [-0.3, -0.25) is 0 Å². The normalized spacial score (nSPS) is 8.60. The number of aromatic nitrogens is 1. The highest BCUT2D eigenvalue weighted by molar-refractivity contribution is 9.10. The summed E-state index contributed by atoms with van der Waals surface area (Å²) in [7, 11) is 0. The minimum atomic E-state index is 0. The predicted octanol–water partition coefficient (Wildman–Crippen LogP) is 2.62. The Labute approximate surface area is 77.8 Å². The first-order valence-corrected chi connectivity index (χ1v) is 3.37. The minimum Gasteiger partial charge on any atom is -0.505 e. The molecule has 0 atom stereocenters. The van der Waals surface area contributed by atoms with E-state index in [4.69, 9.17) is 16.7 Å². The first-order chi connectivity index (χ1) is 4.20. The number of pyridine rings is 1. The number of hydrogen-bond acceptors (Lipinski definition) is 2. The average Bonchev–Trinajstić information content (AvgIpc) is 1.80. The highest BCUT2D eigenvalue weighted by atomic mass is 79.9. The van der Waals surface area contributed by atoms with Gasteiger partial charge in [0, 0.05) is 0 Å². The predicted molar refractivity (Wildman–Crippen MR) is 45.9 cm³/mol. The first kappa shape index (κ1) is 10.0. The van der Waals surface area contributed by atoms with E-state index in [-0.39, 0.29) is 18.2 Å². The van der Waals surface area contributed by atoms with Crippen LogP contribution in [0.5, 0.6) is 5.75 Å². The van der Waals surface area contributed by atoms with Crippen LogP contribution < -0.4 is 0 Å². The quantitative estimate of drug-likeness (QED) is 0.712. The van der Waals surface area contributed by atoms with E-state index in [1.54, 1.807) is 0 Å². The number of halogens is 3. The van der Waals surface area contributed by atoms with Crippen LogP contribution >= 0.6 is 39.9 Å². The fourth-order valence-electron chi connectivity index (χ4n) is 0.400. The van der Waals surface area contributed by atoms with Gasteiger partial charge in [-0.05, 0) is 22.0 Å². The SMILES string of the molecule is Cl.Oc1cnc(Cl)cc1Br.